The number of benzene rings is 2. The monoisotopic (exact) mass is 478 g/mol. The number of halogens is 1. The summed E-state index contributed by atoms with van der Waals surface area (Å²) in [7, 11) is 1.90. The van der Waals surface area contributed by atoms with Crippen molar-refractivity contribution in [1.82, 2.24) is 9.55 Å². The molecule has 1 aliphatic heterocycles. The van der Waals surface area contributed by atoms with Crippen LogP contribution in [0.3, 0.4) is 0 Å². The van der Waals surface area contributed by atoms with Gasteiger partial charge in [-0.2, -0.15) is 0 Å². The van der Waals surface area contributed by atoms with E-state index in [4.69, 9.17) is 0 Å². The number of nitrogens with one attached hydrogen (secondary N) is 1. The lowest BCUT2D eigenvalue weighted by Gasteiger charge is -2.26. The number of anilines is 1. The maximum atomic E-state index is 13.6. The fourth-order valence-electron chi connectivity index (χ4n) is 4.95. The summed E-state index contributed by atoms with van der Waals surface area (Å²) in [5.41, 5.74) is 4.72. The van der Waals surface area contributed by atoms with Crippen LogP contribution in [-0.4, -0.2) is 27.1 Å². The number of aromatic hydroxyl groups is 1. The van der Waals surface area contributed by atoms with Gasteiger partial charge in [0.1, 0.15) is 5.82 Å². The Morgan fingerprint density at radius 1 is 1.08 bits per heavy atom. The van der Waals surface area contributed by atoms with Crippen molar-refractivity contribution >= 4 is 29.4 Å². The molecule has 1 aliphatic carbocycles. The number of hydrogen-bond acceptors (Lipinski definition) is 3. The van der Waals surface area contributed by atoms with Gasteiger partial charge in [-0.05, 0) is 54.1 Å². The predicted molar refractivity (Wildman–Crippen MR) is 137 cm³/mol. The highest BCUT2D eigenvalue weighted by atomic mass is 19.1. The Morgan fingerprint density at radius 2 is 1.86 bits per heavy atom. The third-order valence-electron chi connectivity index (χ3n) is 6.60. The lowest BCUT2D eigenvalue weighted by molar-refractivity contribution is -0.117. The third-order valence-corrected chi connectivity index (χ3v) is 6.60. The molecule has 36 heavy (non-hydrogen) atoms. The quantitative estimate of drug-likeness (QED) is 0.476. The molecule has 3 heterocycles. The van der Waals surface area contributed by atoms with E-state index in [0.29, 0.717) is 17.5 Å². The molecule has 2 aromatic heterocycles. The van der Waals surface area contributed by atoms with Crippen molar-refractivity contribution in [2.45, 2.75) is 6.42 Å². The normalized spacial score (nSPS) is 14.2. The number of nitrogens with zero attached hydrogens (tertiary/aromatic N) is 3. The van der Waals surface area contributed by atoms with Gasteiger partial charge in [0.25, 0.3) is 5.91 Å². The largest absolute Gasteiger partial charge is 0.494 e. The van der Waals surface area contributed by atoms with Gasteiger partial charge in [-0.3, -0.25) is 4.79 Å². The van der Waals surface area contributed by atoms with Crippen LogP contribution in [0.25, 0.3) is 29.1 Å². The average molecular weight is 479 g/mol. The molecular weight excluding hydrogens is 455 g/mol. The van der Waals surface area contributed by atoms with E-state index in [0.717, 1.165) is 38.8 Å². The molecule has 0 bridgehead atoms. The molecular formula is C29H23FN4O2. The van der Waals surface area contributed by atoms with E-state index in [9.17, 15) is 14.3 Å². The number of carbonyl (C=O) groups excluding carboxylic acids is 1. The van der Waals surface area contributed by atoms with Crippen molar-refractivity contribution in [1.29, 1.82) is 0 Å². The number of pyridine rings is 1. The summed E-state index contributed by atoms with van der Waals surface area (Å²) in [5, 5.41) is 13.2. The van der Waals surface area contributed by atoms with Gasteiger partial charge in [-0.15, -0.1) is 0 Å². The molecule has 0 fully saturated rings. The van der Waals surface area contributed by atoms with Crippen LogP contribution in [0.5, 0.6) is 5.88 Å². The molecule has 0 unspecified atom stereocenters. The summed E-state index contributed by atoms with van der Waals surface area (Å²) in [5.74, 6) is -0.500. The predicted octanol–water partition coefficient (Wildman–Crippen LogP) is 2.97. The highest BCUT2D eigenvalue weighted by Gasteiger charge is 2.25. The van der Waals surface area contributed by atoms with Crippen LogP contribution in [-0.2, 0) is 18.3 Å². The molecule has 4 aromatic rings. The second-order valence-corrected chi connectivity index (χ2v) is 8.89. The number of aromatic amines is 1. The lowest BCUT2D eigenvalue weighted by atomic mass is 10.1. The van der Waals surface area contributed by atoms with Crippen molar-refractivity contribution in [2.75, 3.05) is 11.4 Å². The topological polar surface area (TPSA) is 73.6 Å². The van der Waals surface area contributed by atoms with Gasteiger partial charge in [-0.25, -0.2) is 9.38 Å². The van der Waals surface area contributed by atoms with Gasteiger partial charge in [0.15, 0.2) is 5.88 Å². The Bertz CT molecular complexity index is 1730. The minimum Gasteiger partial charge on any atom is -0.494 e. The van der Waals surface area contributed by atoms with Crippen molar-refractivity contribution < 1.29 is 14.3 Å². The van der Waals surface area contributed by atoms with Crippen LogP contribution in [0.4, 0.5) is 10.1 Å². The Labute approximate surface area is 206 Å². The average Bonchev–Trinajstić information content (AvgIpc) is 3.08. The Balaban J connectivity index is 1.54. The Hall–Kier alpha value is -4.65. The molecule has 1 amide bonds. The highest BCUT2D eigenvalue weighted by molar-refractivity contribution is 5.91. The smallest absolute Gasteiger partial charge is 0.250 e. The first-order chi connectivity index (χ1) is 17.5. The molecule has 0 spiro atoms. The van der Waals surface area contributed by atoms with Gasteiger partial charge in [0.05, 0.1) is 28.7 Å². The fourth-order valence-corrected chi connectivity index (χ4v) is 4.95. The zero-order valence-electron chi connectivity index (χ0n) is 19.6. The first-order valence-electron chi connectivity index (χ1n) is 11.7. The first-order valence-corrected chi connectivity index (χ1v) is 11.7. The number of carbonyl (C=O) groups is 1. The second kappa shape index (κ2) is 8.53. The third kappa shape index (κ3) is 3.65. The summed E-state index contributed by atoms with van der Waals surface area (Å²) in [6, 6.07) is 17.7. The van der Waals surface area contributed by atoms with E-state index in [1.807, 2.05) is 72.4 Å². The van der Waals surface area contributed by atoms with E-state index in [1.54, 1.807) is 12.1 Å². The van der Waals surface area contributed by atoms with E-state index < -0.39 is 0 Å². The molecule has 0 radical (unpaired) electrons. The molecule has 178 valence electrons. The van der Waals surface area contributed by atoms with Crippen molar-refractivity contribution in [2.24, 2.45) is 12.0 Å². The molecule has 2 aliphatic rings. The van der Waals surface area contributed by atoms with Crippen molar-refractivity contribution in [3.05, 3.63) is 106 Å². The number of aromatic nitrogens is 2. The van der Waals surface area contributed by atoms with Crippen LogP contribution in [0.2, 0.25) is 0 Å². The number of aryl methyl sites for hydroxylation is 1. The van der Waals surface area contributed by atoms with Crippen LogP contribution in [0.1, 0.15) is 11.1 Å². The molecule has 2 aromatic carbocycles. The van der Waals surface area contributed by atoms with Gasteiger partial charge in [-0.1, -0.05) is 30.3 Å². The van der Waals surface area contributed by atoms with Gasteiger partial charge < -0.3 is 19.6 Å². The number of rotatable bonds is 3. The van der Waals surface area contributed by atoms with E-state index in [1.165, 1.54) is 12.1 Å². The van der Waals surface area contributed by atoms with E-state index in [-0.39, 0.29) is 24.0 Å². The SMILES string of the molecule is Cn1ccc(=NC(=O)Cc2ccccc2)c2c1-c1c(O)[nH]c3c1=C(C=C2)N(c1ccc(F)cc1)CC=3. The number of hydrogen-bond donors (Lipinski definition) is 2. The highest BCUT2D eigenvalue weighted by Crippen LogP contribution is 2.31. The Morgan fingerprint density at radius 3 is 2.64 bits per heavy atom. The van der Waals surface area contributed by atoms with E-state index in [2.05, 4.69) is 14.9 Å². The molecule has 0 atom stereocenters. The van der Waals surface area contributed by atoms with Crippen LogP contribution in [0, 0.1) is 5.82 Å². The fraction of sp³-hybridized carbons (Fsp3) is 0.103. The standard InChI is InChI=1S/C29H23FN4O2/c1-33-15-13-22(31-25(35)17-18-5-3-2-4-6-18)21-11-12-24-26-23(32-29(36)27(26)28(21)33)14-16-34(24)20-9-7-19(30)8-10-20/h2-15,32,36H,16-17H2,1H3. The maximum absolute atomic E-state index is 13.6. The number of H-pyrrole nitrogens is 1. The van der Waals surface area contributed by atoms with Gasteiger partial charge >= 0.3 is 0 Å². The first kappa shape index (κ1) is 21.9. The molecule has 6 rings (SSSR count). The Kier molecular flexibility index (Phi) is 5.18. The zero-order chi connectivity index (χ0) is 24.8. The second-order valence-electron chi connectivity index (χ2n) is 8.89. The van der Waals surface area contributed by atoms with Crippen molar-refractivity contribution in [3.8, 4) is 17.1 Å². The summed E-state index contributed by atoms with van der Waals surface area (Å²) in [4.78, 5) is 22.5. The number of amides is 1. The summed E-state index contributed by atoms with van der Waals surface area (Å²) in [6.07, 6.45) is 7.95. The lowest BCUT2D eigenvalue weighted by Crippen LogP contribution is -2.39. The number of fused-ring (bicyclic) bond motifs is 2. The molecule has 6 nitrogen and oxygen atoms in total. The summed E-state index contributed by atoms with van der Waals surface area (Å²) >= 11 is 0. The van der Waals surface area contributed by atoms with Crippen molar-refractivity contribution in [3.63, 3.8) is 0 Å². The van der Waals surface area contributed by atoms with Gasteiger partial charge in [0.2, 0.25) is 0 Å². The van der Waals surface area contributed by atoms with Crippen LogP contribution < -0.4 is 20.8 Å². The van der Waals surface area contributed by atoms with Crippen LogP contribution in [0.15, 0.2) is 77.9 Å². The molecule has 0 saturated heterocycles. The minimum atomic E-state index is -0.298. The zero-order valence-corrected chi connectivity index (χ0v) is 19.6. The molecule has 2 N–H and O–H groups in total. The maximum Gasteiger partial charge on any atom is 0.250 e. The van der Waals surface area contributed by atoms with Crippen LogP contribution >= 0.6 is 0 Å². The summed E-state index contributed by atoms with van der Waals surface area (Å²) < 4.78 is 15.5. The molecule has 0 saturated carbocycles. The van der Waals surface area contributed by atoms with Gasteiger partial charge in [0, 0.05) is 41.6 Å². The molecule has 7 heteroatoms. The summed E-state index contributed by atoms with van der Waals surface area (Å²) in [6.45, 7) is 0.549. The van der Waals surface area contributed by atoms with E-state index >= 15 is 0 Å². The minimum absolute atomic E-state index is 0.0445.